The second kappa shape index (κ2) is 6.64. The highest BCUT2D eigenvalue weighted by Gasteiger charge is 2.15. The Labute approximate surface area is 143 Å². The predicted octanol–water partition coefficient (Wildman–Crippen LogP) is 4.33. The van der Waals surface area contributed by atoms with E-state index in [0.29, 0.717) is 16.7 Å². The average molecular weight is 338 g/mol. The summed E-state index contributed by atoms with van der Waals surface area (Å²) in [7, 11) is 0. The predicted molar refractivity (Wildman–Crippen MR) is 91.5 cm³/mol. The van der Waals surface area contributed by atoms with Crippen molar-refractivity contribution in [3.05, 3.63) is 88.6 Å². The fourth-order valence-electron chi connectivity index (χ4n) is 2.36. The Morgan fingerprint density at radius 2 is 1.46 bits per heavy atom. The zero-order valence-corrected chi connectivity index (χ0v) is 13.2. The molecule has 0 fully saturated rings. The molecule has 1 N–H and O–H groups in total. The van der Waals surface area contributed by atoms with Crippen molar-refractivity contribution < 1.29 is 14.7 Å². The first-order chi connectivity index (χ1) is 11.6. The smallest absolute Gasteiger partial charge is 0.337 e. The first-order valence-corrected chi connectivity index (χ1v) is 7.54. The summed E-state index contributed by atoms with van der Waals surface area (Å²) in [6, 6.07) is 18.4. The molecular weight excluding hydrogens is 326 g/mol. The molecule has 0 radical (unpaired) electrons. The van der Waals surface area contributed by atoms with Crippen LogP contribution in [0.1, 0.15) is 26.3 Å². The van der Waals surface area contributed by atoms with Gasteiger partial charge in [0.05, 0.1) is 11.3 Å². The lowest BCUT2D eigenvalue weighted by molar-refractivity contribution is 0.0697. The number of hydrogen-bond acceptors (Lipinski definition) is 3. The molecule has 0 aliphatic rings. The molecule has 5 heteroatoms. The maximum absolute atomic E-state index is 12.4. The Morgan fingerprint density at radius 1 is 0.833 bits per heavy atom. The van der Waals surface area contributed by atoms with E-state index >= 15 is 0 Å². The SMILES string of the molecule is O=C(c1ccccc1)c1ccc(-c2nc(Cl)ccc2C(=O)O)cc1. The normalized spacial score (nSPS) is 10.4. The van der Waals surface area contributed by atoms with Crippen LogP contribution in [-0.4, -0.2) is 21.8 Å². The first kappa shape index (κ1) is 15.9. The minimum absolute atomic E-state index is 0.0570. The summed E-state index contributed by atoms with van der Waals surface area (Å²) in [5.74, 6) is -1.18. The van der Waals surface area contributed by atoms with Crippen LogP contribution in [0, 0.1) is 0 Å². The molecular formula is C19H12ClNO3. The van der Waals surface area contributed by atoms with Gasteiger partial charge >= 0.3 is 5.97 Å². The van der Waals surface area contributed by atoms with Crippen molar-refractivity contribution in [2.45, 2.75) is 0 Å². The summed E-state index contributed by atoms with van der Waals surface area (Å²) >= 11 is 5.88. The Hall–Kier alpha value is -2.98. The van der Waals surface area contributed by atoms with Gasteiger partial charge in [-0.05, 0) is 12.1 Å². The summed E-state index contributed by atoms with van der Waals surface area (Å²) in [5, 5.41) is 9.48. The molecule has 4 nitrogen and oxygen atoms in total. The number of ketones is 1. The van der Waals surface area contributed by atoms with E-state index in [-0.39, 0.29) is 22.2 Å². The van der Waals surface area contributed by atoms with Crippen molar-refractivity contribution in [1.29, 1.82) is 0 Å². The van der Waals surface area contributed by atoms with Gasteiger partial charge in [-0.2, -0.15) is 0 Å². The van der Waals surface area contributed by atoms with Gasteiger partial charge in [0.1, 0.15) is 5.15 Å². The van der Waals surface area contributed by atoms with E-state index in [1.165, 1.54) is 12.1 Å². The highest BCUT2D eigenvalue weighted by molar-refractivity contribution is 6.29. The van der Waals surface area contributed by atoms with Gasteiger partial charge in [0.15, 0.2) is 5.78 Å². The minimum Gasteiger partial charge on any atom is -0.478 e. The zero-order valence-electron chi connectivity index (χ0n) is 12.4. The number of halogens is 1. The van der Waals surface area contributed by atoms with Crippen LogP contribution >= 0.6 is 11.6 Å². The zero-order chi connectivity index (χ0) is 17.1. The molecule has 0 saturated heterocycles. The van der Waals surface area contributed by atoms with Gasteiger partial charge in [0, 0.05) is 16.7 Å². The molecule has 0 spiro atoms. The largest absolute Gasteiger partial charge is 0.478 e. The van der Waals surface area contributed by atoms with Crippen LogP contribution in [-0.2, 0) is 0 Å². The molecule has 1 heterocycles. The maximum atomic E-state index is 12.4. The fourth-order valence-corrected chi connectivity index (χ4v) is 2.51. The van der Waals surface area contributed by atoms with Crippen LogP contribution in [0.5, 0.6) is 0 Å². The molecule has 0 amide bonds. The van der Waals surface area contributed by atoms with Gasteiger partial charge in [-0.3, -0.25) is 4.79 Å². The molecule has 1 aromatic heterocycles. The molecule has 118 valence electrons. The second-order valence-corrected chi connectivity index (χ2v) is 5.50. The van der Waals surface area contributed by atoms with Gasteiger partial charge in [0.25, 0.3) is 0 Å². The number of aromatic nitrogens is 1. The Bertz CT molecular complexity index is 906. The molecule has 24 heavy (non-hydrogen) atoms. The number of carbonyl (C=O) groups is 2. The van der Waals surface area contributed by atoms with E-state index in [4.69, 9.17) is 11.6 Å². The number of rotatable bonds is 4. The minimum atomic E-state index is -1.08. The number of carboxylic acid groups (broad SMARTS) is 1. The van der Waals surface area contributed by atoms with Gasteiger partial charge in [-0.25, -0.2) is 9.78 Å². The number of carbonyl (C=O) groups excluding carboxylic acids is 1. The molecule has 0 atom stereocenters. The van der Waals surface area contributed by atoms with Crippen LogP contribution in [0.4, 0.5) is 0 Å². The van der Waals surface area contributed by atoms with Crippen molar-refractivity contribution in [1.82, 2.24) is 4.98 Å². The van der Waals surface area contributed by atoms with E-state index in [1.54, 1.807) is 48.5 Å². The number of benzene rings is 2. The van der Waals surface area contributed by atoms with Crippen molar-refractivity contribution >= 4 is 23.4 Å². The summed E-state index contributed by atoms with van der Waals surface area (Å²) in [6.45, 7) is 0. The lowest BCUT2D eigenvalue weighted by Gasteiger charge is -2.07. The van der Waals surface area contributed by atoms with Crippen molar-refractivity contribution in [2.75, 3.05) is 0 Å². The van der Waals surface area contributed by atoms with Crippen molar-refractivity contribution in [2.24, 2.45) is 0 Å². The average Bonchev–Trinajstić information content (AvgIpc) is 2.61. The molecule has 3 aromatic rings. The van der Waals surface area contributed by atoms with Gasteiger partial charge in [-0.15, -0.1) is 0 Å². The highest BCUT2D eigenvalue weighted by atomic mass is 35.5. The monoisotopic (exact) mass is 337 g/mol. The fraction of sp³-hybridized carbons (Fsp3) is 0. The summed E-state index contributed by atoms with van der Waals surface area (Å²) in [6.07, 6.45) is 0. The molecule has 0 unspecified atom stereocenters. The Balaban J connectivity index is 1.98. The van der Waals surface area contributed by atoms with Gasteiger partial charge in [0.2, 0.25) is 0 Å². The second-order valence-electron chi connectivity index (χ2n) is 5.11. The van der Waals surface area contributed by atoms with Crippen LogP contribution < -0.4 is 0 Å². The van der Waals surface area contributed by atoms with E-state index in [9.17, 15) is 14.7 Å². The number of aromatic carboxylic acids is 1. The third-order valence-electron chi connectivity index (χ3n) is 3.55. The number of pyridine rings is 1. The van der Waals surface area contributed by atoms with E-state index in [1.807, 2.05) is 6.07 Å². The highest BCUT2D eigenvalue weighted by Crippen LogP contribution is 2.24. The quantitative estimate of drug-likeness (QED) is 0.568. The third kappa shape index (κ3) is 3.19. The molecule has 2 aromatic carbocycles. The van der Waals surface area contributed by atoms with Crippen LogP contribution in [0.2, 0.25) is 5.15 Å². The first-order valence-electron chi connectivity index (χ1n) is 7.16. The number of nitrogens with zero attached hydrogens (tertiary/aromatic N) is 1. The van der Waals surface area contributed by atoms with Gasteiger partial charge < -0.3 is 5.11 Å². The molecule has 3 rings (SSSR count). The molecule has 0 bridgehead atoms. The van der Waals surface area contributed by atoms with Crippen molar-refractivity contribution in [3.63, 3.8) is 0 Å². The summed E-state index contributed by atoms with van der Waals surface area (Å²) < 4.78 is 0. The van der Waals surface area contributed by atoms with Crippen LogP contribution in [0.3, 0.4) is 0 Å². The summed E-state index contributed by atoms with van der Waals surface area (Å²) in [4.78, 5) is 27.8. The lowest BCUT2D eigenvalue weighted by Crippen LogP contribution is -2.03. The van der Waals surface area contributed by atoms with E-state index in [2.05, 4.69) is 4.98 Å². The van der Waals surface area contributed by atoms with Crippen LogP contribution in [0.15, 0.2) is 66.7 Å². The Kier molecular flexibility index (Phi) is 4.40. The Morgan fingerprint density at radius 3 is 2.08 bits per heavy atom. The lowest BCUT2D eigenvalue weighted by atomic mass is 10.00. The maximum Gasteiger partial charge on any atom is 0.337 e. The van der Waals surface area contributed by atoms with Crippen molar-refractivity contribution in [3.8, 4) is 11.3 Å². The molecule has 0 aliphatic heterocycles. The number of hydrogen-bond donors (Lipinski definition) is 1. The third-order valence-corrected chi connectivity index (χ3v) is 3.76. The van der Waals surface area contributed by atoms with E-state index in [0.717, 1.165) is 0 Å². The van der Waals surface area contributed by atoms with Crippen LogP contribution in [0.25, 0.3) is 11.3 Å². The summed E-state index contributed by atoms with van der Waals surface area (Å²) in [5.41, 5.74) is 2.02. The van der Waals surface area contributed by atoms with Gasteiger partial charge in [-0.1, -0.05) is 66.2 Å². The standard InChI is InChI=1S/C19H12ClNO3/c20-16-11-10-15(19(23)24)17(21-16)12-6-8-14(9-7-12)18(22)13-4-2-1-3-5-13/h1-11H,(H,23,24). The molecule has 0 aliphatic carbocycles. The number of carboxylic acids is 1. The molecule has 0 saturated carbocycles. The topological polar surface area (TPSA) is 67.3 Å². The van der Waals surface area contributed by atoms with E-state index < -0.39 is 5.97 Å².